The Morgan fingerprint density at radius 2 is 2.17 bits per heavy atom. The topological polar surface area (TPSA) is 85.1 Å². The third kappa shape index (κ3) is 2.55. The van der Waals surface area contributed by atoms with E-state index in [1.165, 1.54) is 6.20 Å². The first-order valence-corrected chi connectivity index (χ1v) is 7.69. The standard InChI is InChI=1S/C12H19N3O2S/c1-2-12(6-3-7-12)15-18(16,17)11-5-4-10(8-13)14-9-11/h4-5,9,15H,2-3,6-8,13H2,1H3. The maximum Gasteiger partial charge on any atom is 0.242 e. The number of nitrogens with two attached hydrogens (primary N) is 1. The average molecular weight is 269 g/mol. The Morgan fingerprint density at radius 1 is 1.44 bits per heavy atom. The third-order valence-electron chi connectivity index (χ3n) is 3.66. The fraction of sp³-hybridized carbons (Fsp3) is 0.583. The van der Waals surface area contributed by atoms with Crippen LogP contribution in [0, 0.1) is 0 Å². The highest BCUT2D eigenvalue weighted by molar-refractivity contribution is 7.89. The number of sulfonamides is 1. The van der Waals surface area contributed by atoms with Gasteiger partial charge in [-0.25, -0.2) is 13.1 Å². The number of pyridine rings is 1. The minimum Gasteiger partial charge on any atom is -0.325 e. The molecule has 100 valence electrons. The molecule has 5 nitrogen and oxygen atoms in total. The van der Waals surface area contributed by atoms with E-state index in [1.807, 2.05) is 6.92 Å². The van der Waals surface area contributed by atoms with Crippen molar-refractivity contribution in [2.45, 2.75) is 49.6 Å². The molecule has 0 radical (unpaired) electrons. The number of nitrogens with one attached hydrogen (secondary N) is 1. The lowest BCUT2D eigenvalue weighted by Crippen LogP contribution is -2.52. The molecular formula is C12H19N3O2S. The van der Waals surface area contributed by atoms with Gasteiger partial charge in [0, 0.05) is 18.3 Å². The molecule has 3 N–H and O–H groups in total. The predicted molar refractivity (Wildman–Crippen MR) is 69.3 cm³/mol. The van der Waals surface area contributed by atoms with Crippen molar-refractivity contribution < 1.29 is 8.42 Å². The summed E-state index contributed by atoms with van der Waals surface area (Å²) in [7, 11) is -3.47. The van der Waals surface area contributed by atoms with E-state index in [4.69, 9.17) is 5.73 Å². The number of hydrogen-bond donors (Lipinski definition) is 2. The summed E-state index contributed by atoms with van der Waals surface area (Å²) >= 11 is 0. The molecule has 18 heavy (non-hydrogen) atoms. The van der Waals surface area contributed by atoms with E-state index in [0.717, 1.165) is 25.7 Å². The van der Waals surface area contributed by atoms with Gasteiger partial charge in [-0.3, -0.25) is 4.98 Å². The van der Waals surface area contributed by atoms with Crippen LogP contribution in [-0.2, 0) is 16.6 Å². The quantitative estimate of drug-likeness (QED) is 0.839. The summed E-state index contributed by atoms with van der Waals surface area (Å²) in [5, 5.41) is 0. The number of hydrogen-bond acceptors (Lipinski definition) is 4. The fourth-order valence-corrected chi connectivity index (χ4v) is 3.64. The van der Waals surface area contributed by atoms with Gasteiger partial charge >= 0.3 is 0 Å². The summed E-state index contributed by atoms with van der Waals surface area (Å²) in [6.07, 6.45) is 5.10. The average Bonchev–Trinajstić information content (AvgIpc) is 2.34. The second kappa shape index (κ2) is 4.95. The minimum atomic E-state index is -3.47. The largest absolute Gasteiger partial charge is 0.325 e. The Hall–Kier alpha value is -0.980. The summed E-state index contributed by atoms with van der Waals surface area (Å²) < 4.78 is 27.2. The Balaban J connectivity index is 2.19. The minimum absolute atomic E-state index is 0.208. The van der Waals surface area contributed by atoms with Crippen LogP contribution in [0.3, 0.4) is 0 Å². The molecule has 1 aliphatic carbocycles. The highest BCUT2D eigenvalue weighted by Gasteiger charge is 2.39. The molecule has 0 unspecified atom stereocenters. The summed E-state index contributed by atoms with van der Waals surface area (Å²) in [4.78, 5) is 4.23. The molecule has 1 aliphatic rings. The van der Waals surface area contributed by atoms with Crippen LogP contribution in [0.1, 0.15) is 38.3 Å². The molecule has 1 aromatic heterocycles. The zero-order valence-corrected chi connectivity index (χ0v) is 11.3. The van der Waals surface area contributed by atoms with Crippen LogP contribution in [-0.4, -0.2) is 18.9 Å². The van der Waals surface area contributed by atoms with Crippen LogP contribution < -0.4 is 10.5 Å². The van der Waals surface area contributed by atoms with Crippen molar-refractivity contribution in [2.24, 2.45) is 5.73 Å². The van der Waals surface area contributed by atoms with E-state index < -0.39 is 10.0 Å². The first-order valence-electron chi connectivity index (χ1n) is 6.20. The van der Waals surface area contributed by atoms with Gasteiger partial charge in [0.1, 0.15) is 4.90 Å². The van der Waals surface area contributed by atoms with Gasteiger partial charge in [0.25, 0.3) is 0 Å². The Bertz CT molecular complexity index is 501. The van der Waals surface area contributed by atoms with Crippen LogP contribution in [0.15, 0.2) is 23.2 Å². The molecule has 0 aliphatic heterocycles. The Labute approximate surface area is 108 Å². The SMILES string of the molecule is CCC1(NS(=O)(=O)c2ccc(CN)nc2)CCC1. The molecule has 1 heterocycles. The van der Waals surface area contributed by atoms with Crippen molar-refractivity contribution in [3.63, 3.8) is 0 Å². The summed E-state index contributed by atoms with van der Waals surface area (Å²) in [5.74, 6) is 0. The van der Waals surface area contributed by atoms with Gasteiger partial charge in [0.15, 0.2) is 0 Å². The molecule has 0 amide bonds. The molecule has 6 heteroatoms. The molecule has 1 aromatic rings. The van der Waals surface area contributed by atoms with E-state index in [1.54, 1.807) is 12.1 Å². The summed E-state index contributed by atoms with van der Waals surface area (Å²) in [6.45, 7) is 2.32. The molecule has 2 rings (SSSR count). The second-order valence-electron chi connectivity index (χ2n) is 4.78. The fourth-order valence-electron chi connectivity index (χ4n) is 2.17. The van der Waals surface area contributed by atoms with E-state index in [0.29, 0.717) is 12.2 Å². The lowest BCUT2D eigenvalue weighted by molar-refractivity contribution is 0.214. The van der Waals surface area contributed by atoms with Crippen LogP contribution in [0.2, 0.25) is 0 Å². The van der Waals surface area contributed by atoms with Crippen LogP contribution in [0.5, 0.6) is 0 Å². The third-order valence-corrected chi connectivity index (χ3v) is 5.22. The lowest BCUT2D eigenvalue weighted by atomic mass is 9.76. The number of aromatic nitrogens is 1. The first-order chi connectivity index (χ1) is 8.51. The van der Waals surface area contributed by atoms with Gasteiger partial charge in [-0.05, 0) is 37.8 Å². The van der Waals surface area contributed by atoms with Crippen molar-refractivity contribution >= 4 is 10.0 Å². The molecule has 1 fully saturated rings. The van der Waals surface area contributed by atoms with Gasteiger partial charge < -0.3 is 5.73 Å². The van der Waals surface area contributed by atoms with Gasteiger partial charge in [0.2, 0.25) is 10.0 Å². The van der Waals surface area contributed by atoms with Crippen molar-refractivity contribution in [2.75, 3.05) is 0 Å². The van der Waals surface area contributed by atoms with Crippen molar-refractivity contribution in [1.82, 2.24) is 9.71 Å². The van der Waals surface area contributed by atoms with Gasteiger partial charge in [-0.15, -0.1) is 0 Å². The number of rotatable bonds is 5. The number of nitrogens with zero attached hydrogens (tertiary/aromatic N) is 1. The van der Waals surface area contributed by atoms with E-state index in [9.17, 15) is 8.42 Å². The molecule has 0 aromatic carbocycles. The predicted octanol–water partition coefficient (Wildman–Crippen LogP) is 1.15. The monoisotopic (exact) mass is 269 g/mol. The highest BCUT2D eigenvalue weighted by atomic mass is 32.2. The summed E-state index contributed by atoms with van der Waals surface area (Å²) in [6, 6.07) is 3.20. The zero-order valence-electron chi connectivity index (χ0n) is 10.5. The maximum absolute atomic E-state index is 12.2. The van der Waals surface area contributed by atoms with Gasteiger partial charge in [0.05, 0.1) is 5.69 Å². The van der Waals surface area contributed by atoms with E-state index in [-0.39, 0.29) is 10.4 Å². The Morgan fingerprint density at radius 3 is 2.56 bits per heavy atom. The van der Waals surface area contributed by atoms with E-state index in [2.05, 4.69) is 9.71 Å². The zero-order chi connectivity index (χ0) is 13.2. The second-order valence-corrected chi connectivity index (χ2v) is 6.46. The molecular weight excluding hydrogens is 250 g/mol. The van der Waals surface area contributed by atoms with Crippen molar-refractivity contribution in [3.8, 4) is 0 Å². The summed E-state index contributed by atoms with van der Waals surface area (Å²) in [5.41, 5.74) is 5.87. The normalized spacial score (nSPS) is 18.3. The maximum atomic E-state index is 12.2. The molecule has 1 saturated carbocycles. The van der Waals surface area contributed by atoms with Gasteiger partial charge in [-0.1, -0.05) is 6.92 Å². The Kier molecular flexibility index (Phi) is 3.70. The molecule has 0 saturated heterocycles. The smallest absolute Gasteiger partial charge is 0.242 e. The molecule has 0 bridgehead atoms. The van der Waals surface area contributed by atoms with Crippen LogP contribution in [0.25, 0.3) is 0 Å². The van der Waals surface area contributed by atoms with Crippen LogP contribution >= 0.6 is 0 Å². The van der Waals surface area contributed by atoms with Crippen LogP contribution in [0.4, 0.5) is 0 Å². The molecule has 0 spiro atoms. The van der Waals surface area contributed by atoms with E-state index >= 15 is 0 Å². The first kappa shape index (κ1) is 13.5. The lowest BCUT2D eigenvalue weighted by Gasteiger charge is -2.41. The van der Waals surface area contributed by atoms with Gasteiger partial charge in [-0.2, -0.15) is 0 Å². The van der Waals surface area contributed by atoms with Crippen molar-refractivity contribution in [3.05, 3.63) is 24.0 Å². The molecule has 0 atom stereocenters. The van der Waals surface area contributed by atoms with Crippen molar-refractivity contribution in [1.29, 1.82) is 0 Å². The highest BCUT2D eigenvalue weighted by Crippen LogP contribution is 2.35.